The standard InChI is InChI=1S/C19H29N5O2/c1-15-13-23(14-16(2)26-15)9-5-4-8-20-18(25)17-12-21-22(3)19(17)24-10-6-7-11-24/h6-7,10-12,15-16H,4-5,8-9,13-14H2,1-3H3,(H,20,25)/t15-,16-/m0/s1. The van der Waals surface area contributed by atoms with Crippen molar-refractivity contribution < 1.29 is 9.53 Å². The number of ether oxygens (including phenoxy) is 1. The number of rotatable bonds is 7. The van der Waals surface area contributed by atoms with E-state index in [0.717, 1.165) is 38.3 Å². The molecule has 0 aliphatic carbocycles. The molecule has 1 aliphatic rings. The van der Waals surface area contributed by atoms with Crippen LogP contribution in [0.1, 0.15) is 37.0 Å². The Kier molecular flexibility index (Phi) is 6.11. The molecule has 3 rings (SSSR count). The van der Waals surface area contributed by atoms with Crippen LogP contribution in [0.15, 0.2) is 30.7 Å². The summed E-state index contributed by atoms with van der Waals surface area (Å²) < 4.78 is 9.38. The number of aryl methyl sites for hydroxylation is 1. The maximum absolute atomic E-state index is 12.5. The molecule has 2 aromatic rings. The molecule has 142 valence electrons. The second kappa shape index (κ2) is 8.51. The first-order valence-corrected chi connectivity index (χ1v) is 9.36. The van der Waals surface area contributed by atoms with E-state index in [4.69, 9.17) is 4.74 Å². The summed E-state index contributed by atoms with van der Waals surface area (Å²) in [6.07, 6.45) is 8.09. The Bertz CT molecular complexity index is 700. The molecule has 1 amide bonds. The highest BCUT2D eigenvalue weighted by molar-refractivity contribution is 5.97. The lowest BCUT2D eigenvalue weighted by Crippen LogP contribution is -2.45. The lowest BCUT2D eigenvalue weighted by molar-refractivity contribution is -0.0681. The summed E-state index contributed by atoms with van der Waals surface area (Å²) in [5.41, 5.74) is 0.597. The van der Waals surface area contributed by atoms with Gasteiger partial charge >= 0.3 is 0 Å². The molecule has 1 aliphatic heterocycles. The molecule has 0 unspecified atom stereocenters. The van der Waals surface area contributed by atoms with Gasteiger partial charge in [0.15, 0.2) is 0 Å². The number of carbonyl (C=O) groups is 1. The Morgan fingerprint density at radius 1 is 1.23 bits per heavy atom. The molecule has 0 spiro atoms. The highest BCUT2D eigenvalue weighted by Crippen LogP contribution is 2.14. The first-order valence-electron chi connectivity index (χ1n) is 9.36. The van der Waals surface area contributed by atoms with E-state index >= 15 is 0 Å². The molecule has 0 saturated carbocycles. The van der Waals surface area contributed by atoms with E-state index in [1.807, 2.05) is 36.1 Å². The van der Waals surface area contributed by atoms with E-state index in [0.29, 0.717) is 24.3 Å². The van der Waals surface area contributed by atoms with Gasteiger partial charge in [-0.3, -0.25) is 14.4 Å². The van der Waals surface area contributed by atoms with Crippen LogP contribution in [0.25, 0.3) is 5.82 Å². The molecular weight excluding hydrogens is 330 g/mol. The van der Waals surface area contributed by atoms with Gasteiger partial charge in [0.1, 0.15) is 11.4 Å². The number of hydrogen-bond acceptors (Lipinski definition) is 4. The van der Waals surface area contributed by atoms with Gasteiger partial charge in [-0.2, -0.15) is 5.10 Å². The minimum absolute atomic E-state index is 0.0737. The summed E-state index contributed by atoms with van der Waals surface area (Å²) in [4.78, 5) is 15.0. The van der Waals surface area contributed by atoms with Crippen molar-refractivity contribution in [2.75, 3.05) is 26.2 Å². The number of hydrogen-bond donors (Lipinski definition) is 1. The first kappa shape index (κ1) is 18.7. The van der Waals surface area contributed by atoms with Crippen molar-refractivity contribution in [2.45, 2.75) is 38.9 Å². The number of nitrogens with zero attached hydrogens (tertiary/aromatic N) is 4. The third-order valence-corrected chi connectivity index (χ3v) is 4.68. The summed E-state index contributed by atoms with van der Waals surface area (Å²) in [7, 11) is 1.84. The van der Waals surface area contributed by atoms with Crippen molar-refractivity contribution in [2.24, 2.45) is 7.05 Å². The van der Waals surface area contributed by atoms with E-state index in [1.165, 1.54) is 0 Å². The van der Waals surface area contributed by atoms with Gasteiger partial charge in [0.25, 0.3) is 5.91 Å². The van der Waals surface area contributed by atoms with Crippen LogP contribution in [0.5, 0.6) is 0 Å². The third-order valence-electron chi connectivity index (χ3n) is 4.68. The number of amides is 1. The zero-order chi connectivity index (χ0) is 18.5. The van der Waals surface area contributed by atoms with Crippen molar-refractivity contribution in [3.05, 3.63) is 36.3 Å². The predicted molar refractivity (Wildman–Crippen MR) is 101 cm³/mol. The van der Waals surface area contributed by atoms with Gasteiger partial charge in [0.05, 0.1) is 18.4 Å². The summed E-state index contributed by atoms with van der Waals surface area (Å²) in [6, 6.07) is 3.87. The monoisotopic (exact) mass is 359 g/mol. The van der Waals surface area contributed by atoms with Crippen LogP contribution in [-0.4, -0.2) is 63.5 Å². The molecule has 0 radical (unpaired) electrons. The van der Waals surface area contributed by atoms with Crippen LogP contribution in [0, 0.1) is 0 Å². The summed E-state index contributed by atoms with van der Waals surface area (Å²) in [5, 5.41) is 7.25. The average molecular weight is 359 g/mol. The Hall–Kier alpha value is -2.12. The molecule has 2 atom stereocenters. The topological polar surface area (TPSA) is 64.3 Å². The van der Waals surface area contributed by atoms with Crippen molar-refractivity contribution in [1.29, 1.82) is 0 Å². The average Bonchev–Trinajstić information content (AvgIpc) is 3.22. The van der Waals surface area contributed by atoms with Gasteiger partial charge in [0.2, 0.25) is 0 Å². The Balaban J connectivity index is 1.44. The normalized spacial score (nSPS) is 21.0. The third kappa shape index (κ3) is 4.53. The zero-order valence-electron chi connectivity index (χ0n) is 15.9. The second-order valence-corrected chi connectivity index (χ2v) is 7.08. The molecule has 1 saturated heterocycles. The summed E-state index contributed by atoms with van der Waals surface area (Å²) >= 11 is 0. The molecule has 7 heteroatoms. The smallest absolute Gasteiger partial charge is 0.256 e. The summed E-state index contributed by atoms with van der Waals surface area (Å²) in [6.45, 7) is 7.96. The van der Waals surface area contributed by atoms with Crippen LogP contribution in [0.2, 0.25) is 0 Å². The highest BCUT2D eigenvalue weighted by Gasteiger charge is 2.21. The number of unbranched alkanes of at least 4 members (excludes halogenated alkanes) is 1. The molecule has 26 heavy (non-hydrogen) atoms. The fraction of sp³-hybridized carbons (Fsp3) is 0.579. The highest BCUT2D eigenvalue weighted by atomic mass is 16.5. The molecular formula is C19H29N5O2. The maximum Gasteiger partial charge on any atom is 0.256 e. The number of carbonyl (C=O) groups excluding carboxylic acids is 1. The van der Waals surface area contributed by atoms with Crippen molar-refractivity contribution in [3.63, 3.8) is 0 Å². The molecule has 7 nitrogen and oxygen atoms in total. The molecule has 0 aromatic carbocycles. The lowest BCUT2D eigenvalue weighted by atomic mass is 10.2. The van der Waals surface area contributed by atoms with Gasteiger partial charge in [-0.05, 0) is 45.4 Å². The SMILES string of the molecule is C[C@H]1CN(CCCCNC(=O)c2cnn(C)c2-n2cccc2)C[C@H](C)O1. The van der Waals surface area contributed by atoms with Gasteiger partial charge in [-0.25, -0.2) is 0 Å². The minimum Gasteiger partial charge on any atom is -0.373 e. The molecule has 1 fully saturated rings. The van der Waals surface area contributed by atoms with Gasteiger partial charge in [-0.15, -0.1) is 0 Å². The van der Waals surface area contributed by atoms with Crippen molar-refractivity contribution >= 4 is 5.91 Å². The Morgan fingerprint density at radius 3 is 2.62 bits per heavy atom. The van der Waals surface area contributed by atoms with Crippen LogP contribution < -0.4 is 5.32 Å². The van der Waals surface area contributed by atoms with Crippen molar-refractivity contribution in [1.82, 2.24) is 24.6 Å². The first-order chi connectivity index (χ1) is 12.5. The molecule has 1 N–H and O–H groups in total. The fourth-order valence-corrected chi connectivity index (χ4v) is 3.60. The minimum atomic E-state index is -0.0737. The van der Waals surface area contributed by atoms with E-state index in [2.05, 4.69) is 29.2 Å². The number of aromatic nitrogens is 3. The van der Waals surface area contributed by atoms with Gasteiger partial charge < -0.3 is 14.6 Å². The number of morpholine rings is 1. The Morgan fingerprint density at radius 2 is 1.92 bits per heavy atom. The molecule has 3 heterocycles. The largest absolute Gasteiger partial charge is 0.373 e. The Labute approximate surface area is 154 Å². The zero-order valence-corrected chi connectivity index (χ0v) is 15.9. The van der Waals surface area contributed by atoms with Gasteiger partial charge in [-0.1, -0.05) is 0 Å². The lowest BCUT2D eigenvalue weighted by Gasteiger charge is -2.35. The van der Waals surface area contributed by atoms with E-state index in [1.54, 1.807) is 10.9 Å². The van der Waals surface area contributed by atoms with E-state index in [9.17, 15) is 4.79 Å². The summed E-state index contributed by atoms with van der Waals surface area (Å²) in [5.74, 6) is 0.708. The van der Waals surface area contributed by atoms with Gasteiger partial charge in [0, 0.05) is 39.1 Å². The predicted octanol–water partition coefficient (Wildman–Crippen LogP) is 1.83. The van der Waals surface area contributed by atoms with E-state index < -0.39 is 0 Å². The van der Waals surface area contributed by atoms with Crippen LogP contribution in [0.4, 0.5) is 0 Å². The van der Waals surface area contributed by atoms with Crippen LogP contribution in [0.3, 0.4) is 0 Å². The maximum atomic E-state index is 12.5. The fourth-order valence-electron chi connectivity index (χ4n) is 3.60. The molecule has 0 bridgehead atoms. The molecule has 2 aromatic heterocycles. The van der Waals surface area contributed by atoms with Crippen LogP contribution >= 0.6 is 0 Å². The van der Waals surface area contributed by atoms with E-state index in [-0.39, 0.29) is 5.91 Å². The number of nitrogens with one attached hydrogen (secondary N) is 1. The van der Waals surface area contributed by atoms with Crippen LogP contribution in [-0.2, 0) is 11.8 Å². The van der Waals surface area contributed by atoms with Crippen molar-refractivity contribution in [3.8, 4) is 5.82 Å². The quantitative estimate of drug-likeness (QED) is 0.766. The second-order valence-electron chi connectivity index (χ2n) is 7.08.